The van der Waals surface area contributed by atoms with Gasteiger partial charge in [-0.3, -0.25) is 34.2 Å². The van der Waals surface area contributed by atoms with E-state index in [9.17, 15) is 64.1 Å². The summed E-state index contributed by atoms with van der Waals surface area (Å²) in [7, 11) is -0.837. The molecular formula is C78H70Cl5F6N9O9S2. The third-order valence-electron chi connectivity index (χ3n) is 18.8. The Morgan fingerprint density at radius 2 is 1.10 bits per heavy atom. The molecule has 1 saturated heterocycles. The van der Waals surface area contributed by atoms with Crippen LogP contribution in [0, 0.1) is 10.1 Å². The van der Waals surface area contributed by atoms with Gasteiger partial charge in [-0.15, -0.1) is 11.3 Å². The molecule has 3 aliphatic rings. The van der Waals surface area contributed by atoms with Gasteiger partial charge in [-0.1, -0.05) is 167 Å². The lowest BCUT2D eigenvalue weighted by Crippen LogP contribution is -2.49. The molecule has 13 rings (SSSR count). The van der Waals surface area contributed by atoms with Crippen molar-refractivity contribution in [1.29, 1.82) is 0 Å². The van der Waals surface area contributed by atoms with Gasteiger partial charge in [0.2, 0.25) is 11.8 Å². The minimum absolute atomic E-state index is 0.0625. The molecule has 10 aromatic rings. The number of nitrogens with zero attached hydrogens (tertiary/aromatic N) is 6. The van der Waals surface area contributed by atoms with Crippen molar-refractivity contribution in [2.45, 2.75) is 66.7 Å². The number of likely N-dealkylation sites (N-methyl/N-ethyl adjacent to an activating group) is 1. The standard InChI is InChI=1S/C32H33Cl2N5O2.C26H24Cl2N2O3.C20H13ClF6N2O4S2/c1-37-14-16-38(17-15-37)13-12-35-31(40)29-25-4-2-3-5-26(25)32(41)39(20-21-6-8-22(33)9-7-21)30(29)27-19-36-28-18-23(34)10-11-24(27)28;1-33-15-14-29-25(31)23-21-4-2-3-5-22(21)26(32)30(16-17-6-10-19(27)11-7-17)24(23)18-8-12-20(28)13-9-18;21-18-16(29(30)31)9-17(34-18)35(32,33)28(10-12-4-6-14(7-5-12)19(22,23)24)11-13-2-1-3-15(8-13)20(25,26)27/h2-11,18-19,29-30,36H,12-17,20H2,1H3,(H,35,40);2-13,23-24H,14-16H2,1H3,(H,29,31);1-9H,10-11H2/t29-,30+;23-,24+;/m00./s1. The van der Waals surface area contributed by atoms with E-state index < -0.39 is 89.7 Å². The van der Waals surface area contributed by atoms with Gasteiger partial charge in [-0.25, -0.2) is 8.42 Å². The number of hydrogen-bond donors (Lipinski definition) is 3. The van der Waals surface area contributed by atoms with Crippen LogP contribution in [0.2, 0.25) is 24.4 Å². The van der Waals surface area contributed by atoms with Crippen LogP contribution >= 0.6 is 69.3 Å². The van der Waals surface area contributed by atoms with Crippen molar-refractivity contribution >= 4 is 120 Å². The van der Waals surface area contributed by atoms with Crippen molar-refractivity contribution in [2.24, 2.45) is 0 Å². The molecule has 4 amide bonds. The lowest BCUT2D eigenvalue weighted by Gasteiger charge is -2.42. The SMILES string of the molecule is CN1CCN(CCNC(=O)[C@H]2c3ccccc3C(=O)N(Cc3ccc(Cl)cc3)[C@@H]2c2c[nH]c3cc(Cl)ccc23)CC1.COCCNC(=O)[C@H]1c2ccccc2C(=O)N(Cc2ccc(Cl)cc2)[C@@H]1c1ccc(Cl)cc1.O=[N+]([O-])c1cc(S(=O)(=O)N(Cc2ccc(C(F)(F)F)cc2)Cc2cccc(C(F)(F)F)c2)sc1Cl. The number of alkyl halides is 6. The second-order valence-electron chi connectivity index (χ2n) is 26.0. The molecule has 31 heteroatoms. The third-order valence-corrected chi connectivity index (χ3v) is 23.4. The van der Waals surface area contributed by atoms with E-state index in [2.05, 4.69) is 32.5 Å². The first-order valence-corrected chi connectivity index (χ1v) is 38.1. The van der Waals surface area contributed by atoms with E-state index in [4.69, 9.17) is 62.7 Å². The maximum atomic E-state index is 14.2. The summed E-state index contributed by atoms with van der Waals surface area (Å²) in [5.74, 6) is -1.67. The Labute approximate surface area is 653 Å². The summed E-state index contributed by atoms with van der Waals surface area (Å²) in [6, 6.07) is 49.7. The van der Waals surface area contributed by atoms with Crippen LogP contribution in [0.4, 0.5) is 32.0 Å². The fourth-order valence-electron chi connectivity index (χ4n) is 13.3. The van der Waals surface area contributed by atoms with Gasteiger partial charge in [0, 0.05) is 139 Å². The number of thiophene rings is 1. The number of aromatic nitrogens is 1. The van der Waals surface area contributed by atoms with Crippen LogP contribution < -0.4 is 10.6 Å². The van der Waals surface area contributed by atoms with E-state index in [1.807, 2.05) is 120 Å². The average Bonchev–Trinajstić information content (AvgIpc) is 1.39. The molecule has 570 valence electrons. The van der Waals surface area contributed by atoms with Gasteiger partial charge in [0.1, 0.15) is 4.21 Å². The number of ether oxygens (including phenoxy) is 1. The largest absolute Gasteiger partial charge is 0.416 e. The molecule has 0 saturated carbocycles. The monoisotopic (exact) mass is 1630 g/mol. The van der Waals surface area contributed by atoms with Crippen molar-refractivity contribution in [1.82, 2.24) is 39.5 Å². The van der Waals surface area contributed by atoms with E-state index >= 15 is 0 Å². The van der Waals surface area contributed by atoms with Gasteiger partial charge >= 0.3 is 12.4 Å². The molecule has 0 aliphatic carbocycles. The van der Waals surface area contributed by atoms with E-state index in [1.165, 1.54) is 6.07 Å². The van der Waals surface area contributed by atoms with Gasteiger partial charge in [0.25, 0.3) is 27.5 Å². The number of aromatic amines is 1. The minimum atomic E-state index is -4.70. The van der Waals surface area contributed by atoms with E-state index in [-0.39, 0.29) is 34.8 Å². The second-order valence-corrected chi connectivity index (χ2v) is 31.6. The number of carbonyl (C=O) groups is 4. The number of nitrogens with one attached hydrogen (secondary N) is 3. The van der Waals surface area contributed by atoms with Gasteiger partial charge in [0.05, 0.1) is 46.6 Å². The topological polar surface area (TPSA) is 211 Å². The van der Waals surface area contributed by atoms with Crippen molar-refractivity contribution in [2.75, 3.05) is 66.6 Å². The number of amides is 4. The summed E-state index contributed by atoms with van der Waals surface area (Å²) in [5, 5.41) is 20.7. The van der Waals surface area contributed by atoms with Crippen LogP contribution in [-0.2, 0) is 62.9 Å². The van der Waals surface area contributed by atoms with E-state index in [1.54, 1.807) is 42.3 Å². The Morgan fingerprint density at radius 3 is 1.64 bits per heavy atom. The fraction of sp³-hybridized carbons (Fsp3) is 0.256. The molecule has 0 unspecified atom stereocenters. The van der Waals surface area contributed by atoms with Crippen molar-refractivity contribution in [3.05, 3.63) is 302 Å². The normalized spacial score (nSPS) is 16.9. The maximum absolute atomic E-state index is 14.2. The molecular weight excluding hydrogens is 1560 g/mol. The summed E-state index contributed by atoms with van der Waals surface area (Å²) >= 11 is 30.8. The Morgan fingerprint density at radius 1 is 0.596 bits per heavy atom. The van der Waals surface area contributed by atoms with Crippen LogP contribution in [0.3, 0.4) is 0 Å². The average molecular weight is 1630 g/mol. The summed E-state index contributed by atoms with van der Waals surface area (Å²) in [5.41, 5.74) is 4.33. The Bertz CT molecular complexity index is 5040. The Kier molecular flexibility index (Phi) is 26.3. The number of piperazine rings is 1. The predicted octanol–water partition coefficient (Wildman–Crippen LogP) is 17.3. The predicted molar refractivity (Wildman–Crippen MR) is 408 cm³/mol. The molecule has 109 heavy (non-hydrogen) atoms. The number of sulfonamides is 1. The molecule has 0 radical (unpaired) electrons. The zero-order chi connectivity index (χ0) is 78.1. The number of carbonyl (C=O) groups excluding carboxylic acids is 4. The van der Waals surface area contributed by atoms with Crippen LogP contribution in [-0.4, -0.2) is 132 Å². The number of methoxy groups -OCH3 is 1. The van der Waals surface area contributed by atoms with Crippen molar-refractivity contribution < 1.29 is 63.6 Å². The Hall–Kier alpha value is -8.90. The van der Waals surface area contributed by atoms with Crippen LogP contribution in [0.25, 0.3) is 10.9 Å². The number of fused-ring (bicyclic) bond motifs is 3. The first kappa shape index (κ1) is 81.1. The smallest absolute Gasteiger partial charge is 0.383 e. The minimum Gasteiger partial charge on any atom is -0.383 e. The van der Waals surface area contributed by atoms with Gasteiger partial charge < -0.3 is 35.1 Å². The lowest BCUT2D eigenvalue weighted by molar-refractivity contribution is -0.384. The zero-order valence-electron chi connectivity index (χ0n) is 58.2. The number of nitro groups is 1. The highest BCUT2D eigenvalue weighted by molar-refractivity contribution is 7.91. The van der Waals surface area contributed by atoms with Crippen LogP contribution in [0.15, 0.2) is 205 Å². The highest BCUT2D eigenvalue weighted by Gasteiger charge is 2.47. The molecule has 0 bridgehead atoms. The molecule has 3 N–H and O–H groups in total. The van der Waals surface area contributed by atoms with Crippen LogP contribution in [0.5, 0.6) is 0 Å². The number of rotatable bonds is 21. The zero-order valence-corrected chi connectivity index (χ0v) is 63.6. The molecule has 8 aromatic carbocycles. The molecule has 1 fully saturated rings. The quantitative estimate of drug-likeness (QED) is 0.0267. The van der Waals surface area contributed by atoms with Gasteiger partial charge in [-0.05, 0) is 125 Å². The molecule has 4 atom stereocenters. The first-order valence-electron chi connectivity index (χ1n) is 34.0. The number of benzene rings is 8. The molecule has 5 heterocycles. The molecule has 2 aromatic heterocycles. The fourth-order valence-corrected chi connectivity index (χ4v) is 17.1. The van der Waals surface area contributed by atoms with Crippen molar-refractivity contribution in [3.63, 3.8) is 0 Å². The van der Waals surface area contributed by atoms with E-state index in [0.29, 0.717) is 91.3 Å². The van der Waals surface area contributed by atoms with Gasteiger partial charge in [0.15, 0.2) is 4.34 Å². The highest BCUT2D eigenvalue weighted by Crippen LogP contribution is 2.48. The van der Waals surface area contributed by atoms with Gasteiger partial charge in [-0.2, -0.15) is 30.6 Å². The maximum Gasteiger partial charge on any atom is 0.416 e. The molecule has 3 aliphatic heterocycles. The number of hydrogen-bond acceptors (Lipinski definition) is 12. The number of H-pyrrole nitrogens is 1. The summed E-state index contributed by atoms with van der Waals surface area (Å²) < 4.78 is 109. The highest BCUT2D eigenvalue weighted by atomic mass is 35.5. The summed E-state index contributed by atoms with van der Waals surface area (Å²) in [4.78, 5) is 77.3. The molecule has 18 nitrogen and oxygen atoms in total. The summed E-state index contributed by atoms with van der Waals surface area (Å²) in [6.45, 7) is 5.68. The molecule has 0 spiro atoms. The first-order chi connectivity index (χ1) is 52.0. The van der Waals surface area contributed by atoms with E-state index in [0.717, 1.165) is 114 Å². The number of halogens is 11. The third kappa shape index (κ3) is 19.6. The second kappa shape index (κ2) is 35.4. The van der Waals surface area contributed by atoms with Crippen LogP contribution in [0.1, 0.15) is 100 Å². The Balaban J connectivity index is 0.000000164. The lowest BCUT2D eigenvalue weighted by atomic mass is 9.79. The summed E-state index contributed by atoms with van der Waals surface area (Å²) in [6.07, 6.45) is -7.42. The van der Waals surface area contributed by atoms with Crippen molar-refractivity contribution in [3.8, 4) is 0 Å².